The molecule has 6 N–H and O–H groups in total. The Hall–Kier alpha value is -4.38. The van der Waals surface area contributed by atoms with Gasteiger partial charge in [0.2, 0.25) is 0 Å². The van der Waals surface area contributed by atoms with E-state index in [-0.39, 0.29) is 45.0 Å². The molecule has 4 aromatic rings. The van der Waals surface area contributed by atoms with Gasteiger partial charge in [-0.3, -0.25) is 9.11 Å². The summed E-state index contributed by atoms with van der Waals surface area (Å²) in [5, 5.41) is 21.9. The van der Waals surface area contributed by atoms with Crippen molar-refractivity contribution in [1.82, 2.24) is 30.8 Å². The van der Waals surface area contributed by atoms with Gasteiger partial charge in [-0.1, -0.05) is 18.2 Å². The van der Waals surface area contributed by atoms with Crippen molar-refractivity contribution in [3.05, 3.63) is 59.9 Å². The first-order valence-electron chi connectivity index (χ1n) is 9.75. The highest BCUT2D eigenvalue weighted by Crippen LogP contribution is 2.41. The van der Waals surface area contributed by atoms with E-state index in [9.17, 15) is 25.9 Å². The lowest BCUT2D eigenvalue weighted by Gasteiger charge is -2.16. The zero-order valence-corrected chi connectivity index (χ0v) is 19.6. The minimum Gasteiger partial charge on any atom is -0.399 e. The number of hydrogen-bond acceptors (Lipinski definition) is 12. The highest BCUT2D eigenvalue weighted by atomic mass is 32.2. The number of hydrogen-bond donors (Lipinski definition) is 4. The molecule has 0 aliphatic heterocycles. The predicted molar refractivity (Wildman–Crippen MR) is 128 cm³/mol. The smallest absolute Gasteiger partial charge is 0.295 e. The van der Waals surface area contributed by atoms with E-state index in [2.05, 4.69) is 30.8 Å². The molecule has 0 aliphatic carbocycles. The van der Waals surface area contributed by atoms with E-state index in [0.717, 1.165) is 6.07 Å². The van der Waals surface area contributed by atoms with Gasteiger partial charge in [-0.2, -0.15) is 16.8 Å². The number of nitrogens with zero attached hydrogens (tertiary/aromatic N) is 6. The van der Waals surface area contributed by atoms with Crippen molar-refractivity contribution in [2.45, 2.75) is 9.79 Å². The first-order chi connectivity index (χ1) is 17.0. The molecule has 16 heteroatoms. The predicted octanol–water partition coefficient (Wildman–Crippen LogP) is 1.22. The Morgan fingerprint density at radius 3 is 1.92 bits per heavy atom. The summed E-state index contributed by atoms with van der Waals surface area (Å²) in [6.45, 7) is 0. The standard InChI is InChI=1S/C20H16N8O6S2/c21-13-4-3-11(17(10-13)35(29,30)31)1-2-12-9-14(15-5-7-23-27-25-15)19(22)18(20(12)36(32,33)34)16-6-8-24-28-26-16/h1-10H,21-22H2,(H,29,30,31)(H,32,33,34). The molecule has 0 radical (unpaired) electrons. The molecule has 4 rings (SSSR count). The van der Waals surface area contributed by atoms with Crippen LogP contribution in [0.4, 0.5) is 11.4 Å². The van der Waals surface area contributed by atoms with Crippen LogP contribution in [0, 0.1) is 0 Å². The molecule has 0 fully saturated rings. The van der Waals surface area contributed by atoms with Gasteiger partial charge in [0, 0.05) is 16.8 Å². The summed E-state index contributed by atoms with van der Waals surface area (Å²) >= 11 is 0. The fourth-order valence-corrected chi connectivity index (χ4v) is 5.04. The topological polar surface area (TPSA) is 238 Å². The molecular weight excluding hydrogens is 512 g/mol. The molecule has 0 unspecified atom stereocenters. The molecule has 0 saturated heterocycles. The van der Waals surface area contributed by atoms with Crippen LogP contribution in [-0.2, 0) is 20.2 Å². The third-order valence-corrected chi connectivity index (χ3v) is 6.77. The summed E-state index contributed by atoms with van der Waals surface area (Å²) in [6, 6.07) is 7.84. The van der Waals surface area contributed by atoms with Gasteiger partial charge >= 0.3 is 0 Å². The Morgan fingerprint density at radius 1 is 0.750 bits per heavy atom. The number of nitrogens with two attached hydrogens (primary N) is 2. The summed E-state index contributed by atoms with van der Waals surface area (Å²) in [6.07, 6.45) is 5.01. The molecule has 2 heterocycles. The minimum absolute atomic E-state index is 0.0136. The lowest BCUT2D eigenvalue weighted by Crippen LogP contribution is -2.09. The lowest BCUT2D eigenvalue weighted by molar-refractivity contribution is 0.481. The van der Waals surface area contributed by atoms with Crippen LogP contribution in [0.5, 0.6) is 0 Å². The molecule has 36 heavy (non-hydrogen) atoms. The van der Waals surface area contributed by atoms with E-state index in [1.165, 1.54) is 54.9 Å². The zero-order valence-electron chi connectivity index (χ0n) is 18.0. The Morgan fingerprint density at radius 2 is 1.36 bits per heavy atom. The Balaban J connectivity index is 2.07. The van der Waals surface area contributed by atoms with Gasteiger partial charge in [-0.15, -0.1) is 20.4 Å². The minimum atomic E-state index is -4.94. The van der Waals surface area contributed by atoms with Gasteiger partial charge in [-0.05, 0) is 51.9 Å². The molecule has 0 amide bonds. The van der Waals surface area contributed by atoms with Crippen LogP contribution in [0.3, 0.4) is 0 Å². The van der Waals surface area contributed by atoms with Crippen molar-refractivity contribution >= 4 is 43.8 Å². The summed E-state index contributed by atoms with van der Waals surface area (Å²) < 4.78 is 68.5. The molecule has 184 valence electrons. The molecule has 0 saturated carbocycles. The van der Waals surface area contributed by atoms with E-state index in [1.807, 2.05) is 0 Å². The van der Waals surface area contributed by atoms with E-state index < -0.39 is 30.0 Å². The molecular formula is C20H16N8O6S2. The van der Waals surface area contributed by atoms with Gasteiger partial charge < -0.3 is 11.5 Å². The number of nitrogen functional groups attached to an aromatic ring is 2. The molecule has 14 nitrogen and oxygen atoms in total. The lowest BCUT2D eigenvalue weighted by atomic mass is 9.97. The second-order valence-corrected chi connectivity index (χ2v) is 9.97. The van der Waals surface area contributed by atoms with Gasteiger partial charge in [-0.25, -0.2) is 0 Å². The van der Waals surface area contributed by atoms with Crippen LogP contribution in [-0.4, -0.2) is 56.8 Å². The highest BCUT2D eigenvalue weighted by molar-refractivity contribution is 7.86. The number of anilines is 2. The Bertz CT molecular complexity index is 1700. The molecule has 2 aromatic carbocycles. The second-order valence-electron chi connectivity index (χ2n) is 7.22. The fourth-order valence-electron chi connectivity index (χ4n) is 3.42. The maximum Gasteiger partial charge on any atom is 0.295 e. The fraction of sp³-hybridized carbons (Fsp3) is 0. The maximum atomic E-state index is 12.5. The van der Waals surface area contributed by atoms with Crippen molar-refractivity contribution in [3.8, 4) is 22.5 Å². The van der Waals surface area contributed by atoms with E-state index >= 15 is 0 Å². The average Bonchev–Trinajstić information content (AvgIpc) is 2.83. The number of rotatable bonds is 6. The number of benzene rings is 2. The van der Waals surface area contributed by atoms with Crippen LogP contribution >= 0.6 is 0 Å². The van der Waals surface area contributed by atoms with E-state index in [1.54, 1.807) is 0 Å². The first-order valence-corrected chi connectivity index (χ1v) is 12.6. The molecule has 0 bridgehead atoms. The van der Waals surface area contributed by atoms with Gasteiger partial charge in [0.05, 0.1) is 29.5 Å². The normalized spacial score (nSPS) is 12.2. The van der Waals surface area contributed by atoms with Crippen LogP contribution < -0.4 is 11.5 Å². The van der Waals surface area contributed by atoms with Crippen molar-refractivity contribution in [2.75, 3.05) is 11.5 Å². The second kappa shape index (κ2) is 9.34. The van der Waals surface area contributed by atoms with Crippen molar-refractivity contribution in [3.63, 3.8) is 0 Å². The summed E-state index contributed by atoms with van der Waals surface area (Å²) in [7, 11) is -9.62. The Kier molecular flexibility index (Phi) is 6.42. The van der Waals surface area contributed by atoms with Crippen LogP contribution in [0.1, 0.15) is 11.1 Å². The van der Waals surface area contributed by atoms with E-state index in [4.69, 9.17) is 11.5 Å². The Labute approximate surface area is 204 Å². The van der Waals surface area contributed by atoms with Gasteiger partial charge in [0.1, 0.15) is 9.79 Å². The first kappa shape index (κ1) is 24.7. The maximum absolute atomic E-state index is 12.5. The zero-order chi connectivity index (χ0) is 26.1. The highest BCUT2D eigenvalue weighted by Gasteiger charge is 2.27. The van der Waals surface area contributed by atoms with Gasteiger partial charge in [0.25, 0.3) is 20.2 Å². The molecule has 0 atom stereocenters. The van der Waals surface area contributed by atoms with Crippen molar-refractivity contribution in [2.24, 2.45) is 0 Å². The summed E-state index contributed by atoms with van der Waals surface area (Å²) in [5.74, 6) is 0. The third kappa shape index (κ3) is 5.01. The van der Waals surface area contributed by atoms with Crippen LogP contribution in [0.15, 0.2) is 58.6 Å². The molecule has 2 aromatic heterocycles. The van der Waals surface area contributed by atoms with E-state index in [0.29, 0.717) is 0 Å². The average molecular weight is 529 g/mol. The van der Waals surface area contributed by atoms with Crippen molar-refractivity contribution < 1.29 is 25.9 Å². The summed E-state index contributed by atoms with van der Waals surface area (Å²) in [4.78, 5) is -1.14. The summed E-state index contributed by atoms with van der Waals surface area (Å²) in [5.41, 5.74) is 12.0. The van der Waals surface area contributed by atoms with Gasteiger partial charge in [0.15, 0.2) is 0 Å². The van der Waals surface area contributed by atoms with Crippen LogP contribution in [0.25, 0.3) is 34.7 Å². The molecule has 0 spiro atoms. The number of aromatic nitrogens is 6. The SMILES string of the molecule is Nc1ccc(C=Cc2cc(-c3ccnnn3)c(N)c(-c3ccnnn3)c2S(=O)(=O)O)c(S(=O)(=O)O)c1. The van der Waals surface area contributed by atoms with Crippen LogP contribution in [0.2, 0.25) is 0 Å². The quantitative estimate of drug-likeness (QED) is 0.156. The molecule has 0 aliphatic rings. The van der Waals surface area contributed by atoms with Crippen molar-refractivity contribution in [1.29, 1.82) is 0 Å². The largest absolute Gasteiger partial charge is 0.399 e. The monoisotopic (exact) mass is 528 g/mol. The third-order valence-electron chi connectivity index (χ3n) is 4.90.